The minimum Gasteiger partial charge on any atom is -0.466 e. The summed E-state index contributed by atoms with van der Waals surface area (Å²) in [5, 5.41) is 0.426. The number of carbonyl (C=O) groups is 3. The van der Waals surface area contributed by atoms with Gasteiger partial charge in [-0.1, -0.05) is 23.7 Å². The number of anilines is 1. The van der Waals surface area contributed by atoms with Crippen LogP contribution in [0, 0.1) is 5.92 Å². The molecule has 1 aliphatic heterocycles. The van der Waals surface area contributed by atoms with Crippen LogP contribution in [0.5, 0.6) is 0 Å². The molecule has 1 aromatic rings. The topological polar surface area (TPSA) is 82.1 Å². The summed E-state index contributed by atoms with van der Waals surface area (Å²) in [4.78, 5) is 39.0. The average Bonchev–Trinajstić information content (AvgIpc) is 2.69. The molecule has 0 amide bonds. The van der Waals surface area contributed by atoms with Crippen LogP contribution < -0.4 is 4.90 Å². The quantitative estimate of drug-likeness (QED) is 0.468. The van der Waals surface area contributed by atoms with Crippen molar-refractivity contribution in [2.24, 2.45) is 5.92 Å². The maximum Gasteiger partial charge on any atom is 0.336 e. The minimum absolute atomic E-state index is 0.144. The third-order valence-corrected chi connectivity index (χ3v) is 4.46. The zero-order chi connectivity index (χ0) is 21.4. The van der Waals surface area contributed by atoms with Gasteiger partial charge < -0.3 is 19.1 Å². The van der Waals surface area contributed by atoms with Crippen molar-refractivity contribution in [3.63, 3.8) is 0 Å². The number of esters is 3. The Morgan fingerprint density at radius 2 is 1.41 bits per heavy atom. The van der Waals surface area contributed by atoms with Gasteiger partial charge in [-0.25, -0.2) is 9.59 Å². The molecule has 0 saturated heterocycles. The lowest BCUT2D eigenvalue weighted by Gasteiger charge is -2.30. The van der Waals surface area contributed by atoms with Gasteiger partial charge in [-0.2, -0.15) is 0 Å². The Morgan fingerprint density at radius 1 is 0.897 bits per heavy atom. The number of halogens is 1. The summed E-state index contributed by atoms with van der Waals surface area (Å²) in [6.07, 6.45) is 2.84. The van der Waals surface area contributed by atoms with Crippen LogP contribution in [-0.4, -0.2) is 37.7 Å². The summed E-state index contributed by atoms with van der Waals surface area (Å²) in [7, 11) is 0. The molecule has 0 N–H and O–H groups in total. The summed E-state index contributed by atoms with van der Waals surface area (Å²) in [6, 6.07) is 6.98. The molecule has 2 rings (SSSR count). The lowest BCUT2D eigenvalue weighted by Crippen LogP contribution is -2.32. The molecule has 0 aromatic heterocycles. The predicted molar refractivity (Wildman–Crippen MR) is 108 cm³/mol. The van der Waals surface area contributed by atoms with Crippen LogP contribution in [0.3, 0.4) is 0 Å². The Hall–Kier alpha value is -2.80. The van der Waals surface area contributed by atoms with E-state index in [4.69, 9.17) is 25.8 Å². The van der Waals surface area contributed by atoms with Crippen molar-refractivity contribution in [1.82, 2.24) is 0 Å². The lowest BCUT2D eigenvalue weighted by molar-refractivity contribution is -0.144. The fourth-order valence-electron chi connectivity index (χ4n) is 2.91. The summed E-state index contributed by atoms with van der Waals surface area (Å²) in [5.41, 5.74) is 0.850. The van der Waals surface area contributed by atoms with Crippen LogP contribution in [0.15, 0.2) is 47.8 Å². The van der Waals surface area contributed by atoms with E-state index < -0.39 is 23.8 Å². The molecular weight excluding hydrogens is 398 g/mol. The van der Waals surface area contributed by atoms with Crippen molar-refractivity contribution in [2.45, 2.75) is 27.2 Å². The van der Waals surface area contributed by atoms with E-state index in [1.807, 2.05) is 0 Å². The third kappa shape index (κ3) is 5.60. The molecular formula is C21H24ClNO6. The smallest absolute Gasteiger partial charge is 0.336 e. The van der Waals surface area contributed by atoms with E-state index >= 15 is 0 Å². The fraction of sp³-hybridized carbons (Fsp3) is 0.381. The molecule has 0 fully saturated rings. The van der Waals surface area contributed by atoms with Gasteiger partial charge in [-0.15, -0.1) is 0 Å². The number of rotatable bonds is 8. The van der Waals surface area contributed by atoms with Crippen molar-refractivity contribution in [3.05, 3.63) is 52.8 Å². The van der Waals surface area contributed by atoms with E-state index in [1.54, 1.807) is 49.9 Å². The summed E-state index contributed by atoms with van der Waals surface area (Å²) in [6.45, 7) is 5.52. The van der Waals surface area contributed by atoms with Crippen molar-refractivity contribution in [2.75, 3.05) is 24.7 Å². The van der Waals surface area contributed by atoms with E-state index in [9.17, 15) is 14.4 Å². The lowest BCUT2D eigenvalue weighted by atomic mass is 9.86. The Morgan fingerprint density at radius 3 is 1.90 bits per heavy atom. The molecule has 0 aliphatic carbocycles. The highest BCUT2D eigenvalue weighted by molar-refractivity contribution is 6.33. The van der Waals surface area contributed by atoms with Gasteiger partial charge in [0.05, 0.1) is 48.1 Å². The normalized spacial score (nSPS) is 14.0. The number of nitrogens with zero attached hydrogens (tertiary/aromatic N) is 1. The van der Waals surface area contributed by atoms with Gasteiger partial charge in [0, 0.05) is 18.3 Å². The van der Waals surface area contributed by atoms with E-state index in [0.29, 0.717) is 10.7 Å². The molecule has 0 spiro atoms. The molecule has 29 heavy (non-hydrogen) atoms. The number of ether oxygens (including phenoxy) is 3. The first-order valence-corrected chi connectivity index (χ1v) is 9.76. The highest BCUT2D eigenvalue weighted by Crippen LogP contribution is 2.36. The SMILES string of the molecule is CCOC(=O)CC1C(C(=O)OCC)=CN(c2ccccc2Cl)C=C1C(=O)OCC. The highest BCUT2D eigenvalue weighted by atomic mass is 35.5. The fourth-order valence-corrected chi connectivity index (χ4v) is 3.14. The molecule has 0 saturated carbocycles. The van der Waals surface area contributed by atoms with Crippen LogP contribution in [0.1, 0.15) is 27.2 Å². The predicted octanol–water partition coefficient (Wildman–Crippen LogP) is 3.62. The molecule has 156 valence electrons. The molecule has 0 atom stereocenters. The van der Waals surface area contributed by atoms with Gasteiger partial charge >= 0.3 is 17.9 Å². The maximum atomic E-state index is 12.7. The molecule has 0 bridgehead atoms. The average molecular weight is 422 g/mol. The second kappa shape index (κ2) is 10.7. The standard InChI is InChI=1S/C21H24ClNO6/c1-4-27-19(24)11-14-15(20(25)28-5-2)12-23(13-16(14)21(26)29-6-3)18-10-8-7-9-17(18)22/h7-10,12-14H,4-6,11H2,1-3H3. The zero-order valence-corrected chi connectivity index (χ0v) is 17.4. The van der Waals surface area contributed by atoms with Crippen LogP contribution in [0.2, 0.25) is 5.02 Å². The minimum atomic E-state index is -0.856. The van der Waals surface area contributed by atoms with Gasteiger partial charge in [0.15, 0.2) is 0 Å². The van der Waals surface area contributed by atoms with Crippen molar-refractivity contribution in [1.29, 1.82) is 0 Å². The Labute approximate surface area is 174 Å². The number of hydrogen-bond acceptors (Lipinski definition) is 7. The second-order valence-electron chi connectivity index (χ2n) is 6.03. The second-order valence-corrected chi connectivity index (χ2v) is 6.44. The van der Waals surface area contributed by atoms with E-state index in [0.717, 1.165) is 0 Å². The van der Waals surface area contributed by atoms with Crippen molar-refractivity contribution < 1.29 is 28.6 Å². The summed E-state index contributed by atoms with van der Waals surface area (Å²) in [5.74, 6) is -2.65. The third-order valence-electron chi connectivity index (χ3n) is 4.14. The van der Waals surface area contributed by atoms with Crippen LogP contribution >= 0.6 is 11.6 Å². The number of benzene rings is 1. The number of hydrogen-bond donors (Lipinski definition) is 0. The molecule has 7 nitrogen and oxygen atoms in total. The molecule has 0 radical (unpaired) electrons. The Bertz CT molecular complexity index is 796. The van der Waals surface area contributed by atoms with Gasteiger partial charge in [-0.05, 0) is 32.9 Å². The first kappa shape index (κ1) is 22.5. The highest BCUT2D eigenvalue weighted by Gasteiger charge is 2.36. The number of carbonyl (C=O) groups excluding carboxylic acids is 3. The van der Waals surface area contributed by atoms with Crippen molar-refractivity contribution >= 4 is 35.2 Å². The summed E-state index contributed by atoms with van der Waals surface area (Å²) < 4.78 is 15.3. The first-order valence-electron chi connectivity index (χ1n) is 9.38. The first-order chi connectivity index (χ1) is 13.9. The van der Waals surface area contributed by atoms with Gasteiger partial charge in [0.25, 0.3) is 0 Å². The maximum absolute atomic E-state index is 12.7. The van der Waals surface area contributed by atoms with E-state index in [2.05, 4.69) is 0 Å². The van der Waals surface area contributed by atoms with Crippen LogP contribution in [-0.2, 0) is 28.6 Å². The van der Waals surface area contributed by atoms with Crippen LogP contribution in [0.4, 0.5) is 5.69 Å². The molecule has 1 aromatic carbocycles. The van der Waals surface area contributed by atoms with Gasteiger partial charge in [0.1, 0.15) is 0 Å². The Balaban J connectivity index is 2.55. The number of para-hydroxylation sites is 1. The van der Waals surface area contributed by atoms with Crippen molar-refractivity contribution in [3.8, 4) is 0 Å². The van der Waals surface area contributed by atoms with E-state index in [1.165, 1.54) is 12.4 Å². The van der Waals surface area contributed by atoms with Crippen LogP contribution in [0.25, 0.3) is 0 Å². The summed E-state index contributed by atoms with van der Waals surface area (Å²) >= 11 is 6.29. The van der Waals surface area contributed by atoms with E-state index in [-0.39, 0.29) is 37.4 Å². The zero-order valence-electron chi connectivity index (χ0n) is 16.6. The van der Waals surface area contributed by atoms with Gasteiger partial charge in [0.2, 0.25) is 0 Å². The molecule has 0 unspecified atom stereocenters. The molecule has 1 aliphatic rings. The molecule has 1 heterocycles. The molecule has 8 heteroatoms. The Kier molecular flexibility index (Phi) is 8.27. The van der Waals surface area contributed by atoms with Gasteiger partial charge in [-0.3, -0.25) is 4.79 Å². The largest absolute Gasteiger partial charge is 0.466 e. The monoisotopic (exact) mass is 421 g/mol.